The Labute approximate surface area is 240 Å². The van der Waals surface area contributed by atoms with Crippen LogP contribution in [0.15, 0.2) is 24.3 Å². The molecule has 0 aliphatic carbocycles. The molecule has 6 N–H and O–H groups in total. The molecular weight excluding hydrogens is 540 g/mol. The van der Waals surface area contributed by atoms with E-state index in [0.717, 1.165) is 0 Å². The van der Waals surface area contributed by atoms with Gasteiger partial charge in [0.05, 0.1) is 54.9 Å². The third kappa shape index (κ3) is 7.26. The molecule has 0 spiro atoms. The molecule has 0 saturated heterocycles. The van der Waals surface area contributed by atoms with Gasteiger partial charge in [-0.3, -0.25) is 0 Å². The second-order valence-corrected chi connectivity index (χ2v) is 9.82. The first-order valence-corrected chi connectivity index (χ1v) is 13.1. The number of ether oxygens (including phenoxy) is 6. The number of methoxy groups -OCH3 is 6. The van der Waals surface area contributed by atoms with Crippen LogP contribution in [0, 0.1) is 0 Å². The number of aliphatic hydroxyl groups is 6. The summed E-state index contributed by atoms with van der Waals surface area (Å²) in [5.41, 5.74) is -4.18. The predicted octanol–water partition coefficient (Wildman–Crippen LogP) is 0.861. The van der Waals surface area contributed by atoms with E-state index in [1.807, 2.05) is 0 Å². The van der Waals surface area contributed by atoms with Crippen molar-refractivity contribution in [3.8, 4) is 34.5 Å². The minimum Gasteiger partial charge on any atom is -0.496 e. The van der Waals surface area contributed by atoms with Crippen molar-refractivity contribution in [1.29, 1.82) is 0 Å². The van der Waals surface area contributed by atoms with Crippen LogP contribution in [0.1, 0.15) is 30.9 Å². The molecule has 2 rings (SSSR count). The number of benzene rings is 2. The van der Waals surface area contributed by atoms with E-state index in [4.69, 9.17) is 28.4 Å². The molecule has 41 heavy (non-hydrogen) atoms. The van der Waals surface area contributed by atoms with Crippen LogP contribution in [-0.4, -0.2) is 109 Å². The third-order valence-corrected chi connectivity index (χ3v) is 7.31. The van der Waals surface area contributed by atoms with Gasteiger partial charge in [0.25, 0.3) is 0 Å². The Balaban J connectivity index is 2.76. The van der Waals surface area contributed by atoms with Crippen molar-refractivity contribution in [2.45, 2.75) is 62.1 Å². The van der Waals surface area contributed by atoms with Gasteiger partial charge in [-0.15, -0.1) is 0 Å². The smallest absolute Gasteiger partial charge is 0.129 e. The van der Waals surface area contributed by atoms with E-state index in [-0.39, 0.29) is 29.9 Å². The summed E-state index contributed by atoms with van der Waals surface area (Å²) in [5.74, 6) is 1.77. The minimum atomic E-state index is -2.64. The van der Waals surface area contributed by atoms with Crippen LogP contribution in [0.25, 0.3) is 0 Å². The lowest BCUT2D eigenvalue weighted by molar-refractivity contribution is -0.230. The molecule has 0 bridgehead atoms. The van der Waals surface area contributed by atoms with E-state index in [2.05, 4.69) is 0 Å². The fraction of sp³-hybridized carbons (Fsp3) is 0.586. The lowest BCUT2D eigenvalue weighted by Crippen LogP contribution is -2.66. The van der Waals surface area contributed by atoms with Gasteiger partial charge in [0.15, 0.2) is 0 Å². The minimum absolute atomic E-state index is 0.0480. The first kappa shape index (κ1) is 34.2. The lowest BCUT2D eigenvalue weighted by Gasteiger charge is -2.46. The van der Waals surface area contributed by atoms with Crippen LogP contribution >= 0.6 is 0 Å². The second-order valence-electron chi connectivity index (χ2n) is 9.82. The van der Waals surface area contributed by atoms with Crippen LogP contribution in [0.5, 0.6) is 34.5 Å². The molecule has 2 aromatic carbocycles. The lowest BCUT2D eigenvalue weighted by atomic mass is 9.71. The summed E-state index contributed by atoms with van der Waals surface area (Å²) < 4.78 is 32.6. The molecule has 0 aliphatic heterocycles. The van der Waals surface area contributed by atoms with Crippen LogP contribution in [0.3, 0.4) is 0 Å². The number of rotatable bonds is 17. The quantitative estimate of drug-likeness (QED) is 0.155. The van der Waals surface area contributed by atoms with E-state index < -0.39 is 42.5 Å². The molecule has 0 amide bonds. The number of hydrogen-bond donors (Lipinski definition) is 6. The molecule has 5 atom stereocenters. The fourth-order valence-corrected chi connectivity index (χ4v) is 5.11. The summed E-state index contributed by atoms with van der Waals surface area (Å²) in [7, 11) is 8.52. The van der Waals surface area contributed by atoms with E-state index in [0.29, 0.717) is 35.0 Å². The molecule has 0 saturated carbocycles. The van der Waals surface area contributed by atoms with Crippen molar-refractivity contribution in [3.63, 3.8) is 0 Å². The first-order valence-electron chi connectivity index (χ1n) is 13.1. The monoisotopic (exact) mass is 584 g/mol. The summed E-state index contributed by atoms with van der Waals surface area (Å²) in [6, 6.07) is 6.20. The summed E-state index contributed by atoms with van der Waals surface area (Å²) >= 11 is 0. The van der Waals surface area contributed by atoms with Gasteiger partial charge in [-0.2, -0.15) is 0 Å². The van der Waals surface area contributed by atoms with Crippen molar-refractivity contribution in [2.24, 2.45) is 0 Å². The number of aliphatic hydroxyl groups excluding tert-OH is 4. The van der Waals surface area contributed by atoms with E-state index in [9.17, 15) is 30.6 Å². The Bertz CT molecular complexity index is 1070. The molecule has 0 radical (unpaired) electrons. The molecule has 232 valence electrons. The highest BCUT2D eigenvalue weighted by Gasteiger charge is 2.55. The zero-order valence-corrected chi connectivity index (χ0v) is 24.7. The summed E-state index contributed by atoms with van der Waals surface area (Å²) in [5, 5.41) is 67.2. The predicted molar refractivity (Wildman–Crippen MR) is 150 cm³/mol. The number of hydrogen-bond acceptors (Lipinski definition) is 12. The first-order chi connectivity index (χ1) is 19.4. The molecule has 0 aliphatic rings. The van der Waals surface area contributed by atoms with Gasteiger partial charge in [0, 0.05) is 48.2 Å². The zero-order chi connectivity index (χ0) is 31.0. The molecule has 0 fully saturated rings. The normalized spacial score (nSPS) is 16.5. The van der Waals surface area contributed by atoms with Crippen LogP contribution in [0.4, 0.5) is 0 Å². The third-order valence-electron chi connectivity index (χ3n) is 7.31. The Kier molecular flexibility index (Phi) is 12.3. The average Bonchev–Trinajstić information content (AvgIpc) is 2.99. The molecular formula is C29H44O12. The summed E-state index contributed by atoms with van der Waals surface area (Å²) in [6.07, 6.45) is -6.64. The summed E-state index contributed by atoms with van der Waals surface area (Å²) in [4.78, 5) is 0. The molecule has 12 nitrogen and oxygen atoms in total. The van der Waals surface area contributed by atoms with Crippen molar-refractivity contribution >= 4 is 0 Å². The molecule has 0 aromatic heterocycles. The molecule has 2 aromatic rings. The average molecular weight is 585 g/mol. The van der Waals surface area contributed by atoms with Gasteiger partial charge >= 0.3 is 0 Å². The zero-order valence-electron chi connectivity index (χ0n) is 24.7. The molecule has 0 heterocycles. The van der Waals surface area contributed by atoms with Crippen LogP contribution < -0.4 is 28.4 Å². The largest absolute Gasteiger partial charge is 0.496 e. The highest BCUT2D eigenvalue weighted by molar-refractivity contribution is 5.53. The topological polar surface area (TPSA) is 177 Å². The fourth-order valence-electron chi connectivity index (χ4n) is 5.11. The van der Waals surface area contributed by atoms with Gasteiger partial charge in [-0.1, -0.05) is 13.3 Å². The molecule has 12 heteroatoms. The van der Waals surface area contributed by atoms with Gasteiger partial charge in [-0.25, -0.2) is 0 Å². The van der Waals surface area contributed by atoms with Gasteiger partial charge in [-0.05, 0) is 6.42 Å². The van der Waals surface area contributed by atoms with E-state index in [1.165, 1.54) is 54.8 Å². The second kappa shape index (κ2) is 14.8. The van der Waals surface area contributed by atoms with Gasteiger partial charge < -0.3 is 59.1 Å². The van der Waals surface area contributed by atoms with Crippen LogP contribution in [0.2, 0.25) is 0 Å². The van der Waals surface area contributed by atoms with Crippen molar-refractivity contribution in [1.82, 2.24) is 0 Å². The maximum Gasteiger partial charge on any atom is 0.129 e. The maximum atomic E-state index is 12.1. The maximum absolute atomic E-state index is 12.1. The molecule has 1 unspecified atom stereocenters. The van der Waals surface area contributed by atoms with E-state index in [1.54, 1.807) is 19.1 Å². The SMILES string of the molecule is CCCC(O)(Cc1c(OC)cc(OC)cc1OC)[C@@H](O)[C@@](O)(Cc1c(OC)cc(OC)cc1OC)[C@H](O)[C@@H](O)CO. The highest BCUT2D eigenvalue weighted by atomic mass is 16.5. The van der Waals surface area contributed by atoms with Gasteiger partial charge in [0.1, 0.15) is 58.4 Å². The summed E-state index contributed by atoms with van der Waals surface area (Å²) in [6.45, 7) is 0.840. The van der Waals surface area contributed by atoms with Crippen molar-refractivity contribution in [3.05, 3.63) is 35.4 Å². The Morgan fingerprint density at radius 3 is 1.37 bits per heavy atom. The van der Waals surface area contributed by atoms with Gasteiger partial charge in [0.2, 0.25) is 0 Å². The Morgan fingerprint density at radius 1 is 0.659 bits per heavy atom. The highest BCUT2D eigenvalue weighted by Crippen LogP contribution is 2.43. The Hall–Kier alpha value is -3.00. The van der Waals surface area contributed by atoms with E-state index >= 15 is 0 Å². The van der Waals surface area contributed by atoms with Crippen molar-refractivity contribution in [2.75, 3.05) is 49.3 Å². The standard InChI is InChI=1S/C29H44O12/c1-8-9-28(34,14-19-22(38-4)10-17(36-2)11-23(19)39-5)27(33)29(35,26(32)21(31)16-30)15-20-24(40-6)12-18(37-3)13-25(20)41-7/h10-13,21,26-27,30-35H,8-9,14-16H2,1-7H3/t21-,26+,27+,28?,29+/m0/s1. The Morgan fingerprint density at radius 2 is 1.05 bits per heavy atom. The van der Waals surface area contributed by atoms with Crippen molar-refractivity contribution < 1.29 is 59.1 Å². The van der Waals surface area contributed by atoms with Crippen LogP contribution in [-0.2, 0) is 12.8 Å².